The summed E-state index contributed by atoms with van der Waals surface area (Å²) in [6.45, 7) is 2.03. The molecule has 4 heteroatoms. The molecule has 0 aliphatic heterocycles. The van der Waals surface area contributed by atoms with Gasteiger partial charge in [0, 0.05) is 15.5 Å². The van der Waals surface area contributed by atoms with E-state index < -0.39 is 0 Å². The van der Waals surface area contributed by atoms with E-state index in [9.17, 15) is 0 Å². The van der Waals surface area contributed by atoms with Crippen molar-refractivity contribution in [1.82, 2.24) is 0 Å². The quantitative estimate of drug-likeness (QED) is 0.682. The van der Waals surface area contributed by atoms with Crippen molar-refractivity contribution in [2.45, 2.75) is 22.5 Å². The summed E-state index contributed by atoms with van der Waals surface area (Å²) >= 11 is 12.5. The Morgan fingerprint density at radius 2 is 1.58 bits per heavy atom. The van der Waals surface area contributed by atoms with Crippen molar-refractivity contribution in [1.29, 1.82) is 0 Å². The molecule has 0 N–H and O–H groups in total. The standard InChI is InChI=1S/C8H10OS.C7H8S2/c1-9-8-4-2-7(6-10)3-5-8;1-5-2-3-6(8)7(9)4-5/h2-5,10H,6H2,1H3;2-4,8-9H,1H3. The summed E-state index contributed by atoms with van der Waals surface area (Å²) in [5.41, 5.74) is 2.43. The lowest BCUT2D eigenvalue weighted by Gasteiger charge is -1.99. The Bertz CT molecular complexity index is 486. The molecule has 0 saturated carbocycles. The fourth-order valence-electron chi connectivity index (χ4n) is 1.36. The van der Waals surface area contributed by atoms with Gasteiger partial charge in [0.25, 0.3) is 0 Å². The second-order valence-electron chi connectivity index (χ2n) is 4.00. The monoisotopic (exact) mass is 310 g/mol. The van der Waals surface area contributed by atoms with Crippen molar-refractivity contribution >= 4 is 37.9 Å². The van der Waals surface area contributed by atoms with Gasteiger partial charge in [0.05, 0.1) is 7.11 Å². The van der Waals surface area contributed by atoms with Crippen LogP contribution in [0, 0.1) is 6.92 Å². The molecule has 19 heavy (non-hydrogen) atoms. The van der Waals surface area contributed by atoms with Crippen LogP contribution in [0.25, 0.3) is 0 Å². The molecule has 0 aliphatic carbocycles. The van der Waals surface area contributed by atoms with Gasteiger partial charge >= 0.3 is 0 Å². The highest BCUT2D eigenvalue weighted by molar-refractivity contribution is 7.83. The van der Waals surface area contributed by atoms with Crippen LogP contribution in [0.5, 0.6) is 5.75 Å². The van der Waals surface area contributed by atoms with E-state index in [0.29, 0.717) is 0 Å². The van der Waals surface area contributed by atoms with Gasteiger partial charge in [-0.1, -0.05) is 18.2 Å². The van der Waals surface area contributed by atoms with Crippen molar-refractivity contribution in [3.63, 3.8) is 0 Å². The molecule has 0 bridgehead atoms. The molecule has 102 valence electrons. The molecule has 2 aromatic rings. The molecule has 0 fully saturated rings. The summed E-state index contributed by atoms with van der Waals surface area (Å²) in [5.74, 6) is 1.68. The van der Waals surface area contributed by atoms with Gasteiger partial charge in [0.15, 0.2) is 0 Å². The molecule has 0 unspecified atom stereocenters. The number of thiol groups is 3. The molecule has 2 aromatic carbocycles. The van der Waals surface area contributed by atoms with Gasteiger partial charge in [0.2, 0.25) is 0 Å². The van der Waals surface area contributed by atoms with E-state index in [0.717, 1.165) is 21.3 Å². The third kappa shape index (κ3) is 5.85. The number of benzene rings is 2. The molecular weight excluding hydrogens is 292 g/mol. The van der Waals surface area contributed by atoms with E-state index in [1.165, 1.54) is 11.1 Å². The first kappa shape index (κ1) is 16.3. The van der Waals surface area contributed by atoms with E-state index in [-0.39, 0.29) is 0 Å². The zero-order chi connectivity index (χ0) is 14.3. The molecule has 2 rings (SSSR count). The summed E-state index contributed by atoms with van der Waals surface area (Å²) in [6, 6.07) is 13.8. The highest BCUT2D eigenvalue weighted by Crippen LogP contribution is 2.18. The van der Waals surface area contributed by atoms with Gasteiger partial charge in [-0.15, -0.1) is 25.3 Å². The summed E-state index contributed by atoms with van der Waals surface area (Å²) in [5, 5.41) is 0. The zero-order valence-electron chi connectivity index (χ0n) is 11.0. The maximum atomic E-state index is 4.99. The molecule has 0 radical (unpaired) electrons. The van der Waals surface area contributed by atoms with Crippen molar-refractivity contribution in [3.8, 4) is 5.75 Å². The van der Waals surface area contributed by atoms with Gasteiger partial charge in [-0.3, -0.25) is 0 Å². The Labute approximate surface area is 131 Å². The Kier molecular flexibility index (Phi) is 7.28. The molecule has 0 aliphatic rings. The summed E-state index contributed by atoms with van der Waals surface area (Å²) < 4.78 is 4.99. The average molecular weight is 311 g/mol. The van der Waals surface area contributed by atoms with Gasteiger partial charge in [-0.2, -0.15) is 12.6 Å². The Hall–Kier alpha value is -0.710. The van der Waals surface area contributed by atoms with E-state index in [1.807, 2.05) is 49.4 Å². The number of aryl methyl sites for hydroxylation is 1. The van der Waals surface area contributed by atoms with Crippen LogP contribution >= 0.6 is 37.9 Å². The van der Waals surface area contributed by atoms with E-state index in [4.69, 9.17) is 4.74 Å². The molecule has 0 atom stereocenters. The number of hydrogen-bond acceptors (Lipinski definition) is 4. The van der Waals surface area contributed by atoms with Crippen LogP contribution in [0.3, 0.4) is 0 Å². The smallest absolute Gasteiger partial charge is 0.118 e. The number of hydrogen-bond donors (Lipinski definition) is 3. The van der Waals surface area contributed by atoms with Crippen LogP contribution in [-0.2, 0) is 5.75 Å². The molecular formula is C15H18OS3. The van der Waals surface area contributed by atoms with E-state index >= 15 is 0 Å². The predicted octanol–water partition coefficient (Wildman–Crippen LogP) is 4.70. The fraction of sp³-hybridized carbons (Fsp3) is 0.200. The SMILES string of the molecule is COc1ccc(CS)cc1.Cc1ccc(S)c(S)c1. The topological polar surface area (TPSA) is 9.23 Å². The lowest BCUT2D eigenvalue weighted by Crippen LogP contribution is -1.82. The maximum Gasteiger partial charge on any atom is 0.118 e. The largest absolute Gasteiger partial charge is 0.497 e. The Balaban J connectivity index is 0.000000191. The molecule has 0 spiro atoms. The first-order chi connectivity index (χ1) is 9.06. The molecule has 0 saturated heterocycles. The van der Waals surface area contributed by atoms with Crippen LogP contribution in [0.2, 0.25) is 0 Å². The van der Waals surface area contributed by atoms with Gasteiger partial charge in [-0.05, 0) is 42.3 Å². The Morgan fingerprint density at radius 1 is 0.947 bits per heavy atom. The second-order valence-corrected chi connectivity index (χ2v) is 5.28. The highest BCUT2D eigenvalue weighted by Gasteiger charge is 1.91. The fourth-order valence-corrected chi connectivity index (χ4v) is 1.99. The molecule has 0 heterocycles. The van der Waals surface area contributed by atoms with Crippen LogP contribution < -0.4 is 4.74 Å². The highest BCUT2D eigenvalue weighted by atomic mass is 32.1. The van der Waals surface area contributed by atoms with Crippen molar-refractivity contribution in [2.24, 2.45) is 0 Å². The number of ether oxygens (including phenoxy) is 1. The van der Waals surface area contributed by atoms with Crippen LogP contribution in [0.4, 0.5) is 0 Å². The minimum Gasteiger partial charge on any atom is -0.497 e. The lowest BCUT2D eigenvalue weighted by molar-refractivity contribution is 0.414. The molecule has 1 nitrogen and oxygen atoms in total. The number of rotatable bonds is 2. The summed E-state index contributed by atoms with van der Waals surface area (Å²) in [6.07, 6.45) is 0. The minimum atomic E-state index is 0.782. The third-order valence-electron chi connectivity index (χ3n) is 2.47. The number of methoxy groups -OCH3 is 1. The lowest BCUT2D eigenvalue weighted by atomic mass is 10.2. The second kappa shape index (κ2) is 8.46. The Morgan fingerprint density at radius 3 is 2.00 bits per heavy atom. The van der Waals surface area contributed by atoms with Crippen molar-refractivity contribution in [3.05, 3.63) is 53.6 Å². The third-order valence-corrected chi connectivity index (χ3v) is 3.77. The molecule has 0 aromatic heterocycles. The summed E-state index contributed by atoms with van der Waals surface area (Å²) in [4.78, 5) is 1.88. The summed E-state index contributed by atoms with van der Waals surface area (Å²) in [7, 11) is 1.66. The maximum absolute atomic E-state index is 4.99. The van der Waals surface area contributed by atoms with Crippen molar-refractivity contribution in [2.75, 3.05) is 7.11 Å². The van der Waals surface area contributed by atoms with Crippen LogP contribution in [-0.4, -0.2) is 7.11 Å². The molecule has 0 amide bonds. The minimum absolute atomic E-state index is 0.782. The average Bonchev–Trinajstić information content (AvgIpc) is 2.44. The van der Waals surface area contributed by atoms with Crippen molar-refractivity contribution < 1.29 is 4.74 Å². The van der Waals surface area contributed by atoms with Crippen LogP contribution in [0.15, 0.2) is 52.3 Å². The van der Waals surface area contributed by atoms with Gasteiger partial charge in [-0.25, -0.2) is 0 Å². The normalized spacial score (nSPS) is 9.53. The van der Waals surface area contributed by atoms with E-state index in [2.05, 4.69) is 37.9 Å². The predicted molar refractivity (Wildman–Crippen MR) is 91.4 cm³/mol. The van der Waals surface area contributed by atoms with Gasteiger partial charge in [0.1, 0.15) is 5.75 Å². The first-order valence-corrected chi connectivity index (χ1v) is 7.32. The van der Waals surface area contributed by atoms with Crippen LogP contribution in [0.1, 0.15) is 11.1 Å². The van der Waals surface area contributed by atoms with Gasteiger partial charge < -0.3 is 4.74 Å². The van der Waals surface area contributed by atoms with E-state index in [1.54, 1.807) is 7.11 Å². The zero-order valence-corrected chi connectivity index (χ0v) is 13.7. The first-order valence-electron chi connectivity index (χ1n) is 5.79.